The number of halogens is 2. The number of alkyl halides is 1. The van der Waals surface area contributed by atoms with Gasteiger partial charge in [0.2, 0.25) is 0 Å². The van der Waals surface area contributed by atoms with Gasteiger partial charge in [0.15, 0.2) is 6.67 Å². The topological polar surface area (TPSA) is 37.3 Å². The minimum absolute atomic E-state index is 0.121. The molecule has 0 bridgehead atoms. The highest BCUT2D eigenvalue weighted by Gasteiger charge is 2.21. The predicted octanol–water partition coefficient (Wildman–Crippen LogP) is 4.25. The van der Waals surface area contributed by atoms with Crippen LogP contribution in [-0.2, 0) is 17.8 Å². The Morgan fingerprint density at radius 1 is 1.10 bits per heavy atom. The summed E-state index contributed by atoms with van der Waals surface area (Å²) in [5.74, 6) is -0.710. The van der Waals surface area contributed by atoms with Gasteiger partial charge in [-0.1, -0.05) is 30.3 Å². The molecule has 158 valence electrons. The van der Waals surface area contributed by atoms with E-state index in [0.717, 1.165) is 60.9 Å². The van der Waals surface area contributed by atoms with E-state index in [4.69, 9.17) is 0 Å². The van der Waals surface area contributed by atoms with Gasteiger partial charge in [0.05, 0.1) is 0 Å². The predicted molar refractivity (Wildman–Crippen MR) is 115 cm³/mol. The van der Waals surface area contributed by atoms with E-state index >= 15 is 0 Å². The first kappa shape index (κ1) is 20.5. The standard InChI is InChI=1S/C24H27F2N3O/c25-16-24(30)27-17-18-5-6-20-8-14-29(23(20)15-18)21-9-12-28(13-10-21)11-7-19-3-1-2-4-22(19)26/h1-6,8,14-15,21H,7,9-13,16-17H2,(H,27,30). The van der Waals surface area contributed by atoms with Crippen molar-refractivity contribution < 1.29 is 13.6 Å². The van der Waals surface area contributed by atoms with Crippen molar-refractivity contribution in [2.24, 2.45) is 0 Å². The molecule has 0 saturated carbocycles. The van der Waals surface area contributed by atoms with E-state index in [2.05, 4.69) is 33.1 Å². The van der Waals surface area contributed by atoms with Crippen molar-refractivity contribution in [1.82, 2.24) is 14.8 Å². The molecule has 1 N–H and O–H groups in total. The molecule has 30 heavy (non-hydrogen) atoms. The lowest BCUT2D eigenvalue weighted by atomic mass is 10.0. The van der Waals surface area contributed by atoms with Crippen molar-refractivity contribution in [3.05, 3.63) is 71.7 Å². The van der Waals surface area contributed by atoms with E-state index in [0.29, 0.717) is 12.6 Å². The molecule has 0 atom stereocenters. The maximum Gasteiger partial charge on any atom is 0.251 e. The first-order chi connectivity index (χ1) is 14.6. The maximum atomic E-state index is 13.8. The number of aromatic nitrogens is 1. The second-order valence-electron chi connectivity index (χ2n) is 7.94. The summed E-state index contributed by atoms with van der Waals surface area (Å²) in [7, 11) is 0. The van der Waals surface area contributed by atoms with Gasteiger partial charge >= 0.3 is 0 Å². The van der Waals surface area contributed by atoms with E-state index < -0.39 is 12.6 Å². The fourth-order valence-corrected chi connectivity index (χ4v) is 4.27. The maximum absolute atomic E-state index is 13.8. The quantitative estimate of drug-likeness (QED) is 0.631. The van der Waals surface area contributed by atoms with Gasteiger partial charge < -0.3 is 14.8 Å². The van der Waals surface area contributed by atoms with Crippen molar-refractivity contribution >= 4 is 16.8 Å². The van der Waals surface area contributed by atoms with E-state index in [1.807, 2.05) is 24.3 Å². The molecule has 2 aromatic carbocycles. The smallest absolute Gasteiger partial charge is 0.251 e. The highest BCUT2D eigenvalue weighted by molar-refractivity contribution is 5.81. The molecule has 3 aromatic rings. The molecule has 6 heteroatoms. The number of carbonyl (C=O) groups is 1. The zero-order valence-corrected chi connectivity index (χ0v) is 17.0. The lowest BCUT2D eigenvalue weighted by Gasteiger charge is -2.33. The molecule has 2 heterocycles. The molecule has 1 aromatic heterocycles. The van der Waals surface area contributed by atoms with Gasteiger partial charge in [0.25, 0.3) is 5.91 Å². The monoisotopic (exact) mass is 411 g/mol. The molecule has 1 aliphatic heterocycles. The largest absolute Gasteiger partial charge is 0.350 e. The fourth-order valence-electron chi connectivity index (χ4n) is 4.27. The average Bonchev–Trinajstić information content (AvgIpc) is 3.20. The molecular formula is C24H27F2N3O. The Labute approximate surface area is 175 Å². The number of nitrogens with zero attached hydrogens (tertiary/aromatic N) is 2. The molecule has 1 saturated heterocycles. The van der Waals surface area contributed by atoms with Crippen LogP contribution >= 0.6 is 0 Å². The van der Waals surface area contributed by atoms with Crippen LogP contribution in [-0.4, -0.2) is 41.7 Å². The minimum Gasteiger partial charge on any atom is -0.350 e. The Morgan fingerprint density at radius 2 is 1.90 bits per heavy atom. The third kappa shape index (κ3) is 4.70. The summed E-state index contributed by atoms with van der Waals surface area (Å²) >= 11 is 0. The second-order valence-corrected chi connectivity index (χ2v) is 7.94. The normalized spacial score (nSPS) is 15.5. The molecule has 1 fully saturated rings. The fraction of sp³-hybridized carbons (Fsp3) is 0.375. The summed E-state index contributed by atoms with van der Waals surface area (Å²) < 4.78 is 28.5. The van der Waals surface area contributed by atoms with Crippen LogP contribution in [0, 0.1) is 5.82 Å². The summed E-state index contributed by atoms with van der Waals surface area (Å²) in [6, 6.07) is 15.6. The Bertz CT molecular complexity index is 1010. The Kier molecular flexibility index (Phi) is 6.43. The number of piperidine rings is 1. The van der Waals surface area contributed by atoms with Crippen molar-refractivity contribution in [3.8, 4) is 0 Å². The van der Waals surface area contributed by atoms with Crippen molar-refractivity contribution in [2.45, 2.75) is 31.8 Å². The highest BCUT2D eigenvalue weighted by atomic mass is 19.1. The summed E-state index contributed by atoms with van der Waals surface area (Å²) in [6.45, 7) is 2.20. The molecule has 1 amide bonds. The molecule has 4 nitrogen and oxygen atoms in total. The summed E-state index contributed by atoms with van der Waals surface area (Å²) in [4.78, 5) is 13.6. The molecule has 1 aliphatic rings. The zero-order chi connectivity index (χ0) is 20.9. The SMILES string of the molecule is O=C(CF)NCc1ccc2ccn(C3CCN(CCc4ccccc4F)CC3)c2c1. The van der Waals surface area contributed by atoms with Gasteiger partial charge in [0, 0.05) is 43.9 Å². The number of nitrogens with one attached hydrogen (secondary N) is 1. The van der Waals surface area contributed by atoms with Crippen LogP contribution in [0.15, 0.2) is 54.7 Å². The number of rotatable bonds is 7. The van der Waals surface area contributed by atoms with Gasteiger partial charge in [0.1, 0.15) is 5.82 Å². The molecule has 0 spiro atoms. The van der Waals surface area contributed by atoms with E-state index in [-0.39, 0.29) is 5.82 Å². The first-order valence-corrected chi connectivity index (χ1v) is 10.5. The lowest BCUT2D eigenvalue weighted by molar-refractivity contribution is -0.122. The van der Waals surface area contributed by atoms with E-state index in [1.165, 1.54) is 6.07 Å². The third-order valence-electron chi connectivity index (χ3n) is 6.00. The van der Waals surface area contributed by atoms with Crippen molar-refractivity contribution in [1.29, 1.82) is 0 Å². The zero-order valence-electron chi connectivity index (χ0n) is 17.0. The average molecular weight is 411 g/mol. The van der Waals surface area contributed by atoms with Crippen LogP contribution in [0.2, 0.25) is 0 Å². The van der Waals surface area contributed by atoms with Gasteiger partial charge in [-0.2, -0.15) is 0 Å². The number of hydrogen-bond donors (Lipinski definition) is 1. The minimum atomic E-state index is -0.992. The number of benzene rings is 2. The number of carbonyl (C=O) groups excluding carboxylic acids is 1. The lowest BCUT2D eigenvalue weighted by Crippen LogP contribution is -2.35. The summed E-state index contributed by atoms with van der Waals surface area (Å²) in [6.07, 6.45) is 4.96. The highest BCUT2D eigenvalue weighted by Crippen LogP contribution is 2.28. The van der Waals surface area contributed by atoms with Crippen LogP contribution in [0.25, 0.3) is 10.9 Å². The van der Waals surface area contributed by atoms with E-state index in [1.54, 1.807) is 6.07 Å². The molecular weight excluding hydrogens is 384 g/mol. The second kappa shape index (κ2) is 9.39. The van der Waals surface area contributed by atoms with Gasteiger partial charge in [-0.3, -0.25) is 4.79 Å². The van der Waals surface area contributed by atoms with Crippen LogP contribution in [0.1, 0.15) is 30.0 Å². The van der Waals surface area contributed by atoms with Crippen LogP contribution in [0.5, 0.6) is 0 Å². The number of fused-ring (bicyclic) bond motifs is 1. The third-order valence-corrected chi connectivity index (χ3v) is 6.00. The molecule has 4 rings (SSSR count). The number of likely N-dealkylation sites (tertiary alicyclic amines) is 1. The van der Waals surface area contributed by atoms with Crippen molar-refractivity contribution in [3.63, 3.8) is 0 Å². The Balaban J connectivity index is 1.37. The number of hydrogen-bond acceptors (Lipinski definition) is 2. The van der Waals surface area contributed by atoms with Gasteiger partial charge in [-0.15, -0.1) is 0 Å². The van der Waals surface area contributed by atoms with Gasteiger partial charge in [-0.25, -0.2) is 8.78 Å². The molecule has 0 aliphatic carbocycles. The Hall–Kier alpha value is -2.73. The summed E-state index contributed by atoms with van der Waals surface area (Å²) in [5.41, 5.74) is 2.89. The molecule has 0 unspecified atom stereocenters. The van der Waals surface area contributed by atoms with Gasteiger partial charge in [-0.05, 0) is 54.0 Å². The Morgan fingerprint density at radius 3 is 2.67 bits per heavy atom. The number of amides is 1. The van der Waals surface area contributed by atoms with Crippen LogP contribution < -0.4 is 5.32 Å². The summed E-state index contributed by atoms with van der Waals surface area (Å²) in [5, 5.41) is 3.75. The molecule has 0 radical (unpaired) electrons. The van der Waals surface area contributed by atoms with Crippen LogP contribution in [0.4, 0.5) is 8.78 Å². The van der Waals surface area contributed by atoms with Crippen LogP contribution in [0.3, 0.4) is 0 Å². The first-order valence-electron chi connectivity index (χ1n) is 10.5. The van der Waals surface area contributed by atoms with Crippen molar-refractivity contribution in [2.75, 3.05) is 26.3 Å². The van der Waals surface area contributed by atoms with E-state index in [9.17, 15) is 13.6 Å².